The Labute approximate surface area is 228 Å². The normalized spacial score (nSPS) is 15.1. The second kappa shape index (κ2) is 12.8. The first-order valence-electron chi connectivity index (χ1n) is 12.1. The summed E-state index contributed by atoms with van der Waals surface area (Å²) >= 11 is 12.2. The number of halogens is 2. The Balaban J connectivity index is 1.88. The van der Waals surface area contributed by atoms with Gasteiger partial charge in [-0.3, -0.25) is 13.9 Å². The number of hydrogen-bond donors (Lipinski definition) is 1. The molecule has 0 heterocycles. The lowest BCUT2D eigenvalue weighted by atomic mass is 9.95. The summed E-state index contributed by atoms with van der Waals surface area (Å²) in [6, 6.07) is 10.7. The van der Waals surface area contributed by atoms with Gasteiger partial charge in [0.15, 0.2) is 0 Å². The Morgan fingerprint density at radius 3 is 2.30 bits per heavy atom. The van der Waals surface area contributed by atoms with Gasteiger partial charge in [-0.05, 0) is 55.7 Å². The third-order valence-electron chi connectivity index (χ3n) is 6.49. The van der Waals surface area contributed by atoms with Gasteiger partial charge in [-0.2, -0.15) is 0 Å². The number of sulfonamides is 1. The summed E-state index contributed by atoms with van der Waals surface area (Å²) in [6.07, 6.45) is 6.09. The predicted octanol–water partition coefficient (Wildman–Crippen LogP) is 4.63. The number of amides is 2. The van der Waals surface area contributed by atoms with Gasteiger partial charge >= 0.3 is 0 Å². The van der Waals surface area contributed by atoms with Crippen molar-refractivity contribution in [1.82, 2.24) is 10.2 Å². The third kappa shape index (κ3) is 7.99. The van der Waals surface area contributed by atoms with Crippen LogP contribution in [0.25, 0.3) is 0 Å². The molecule has 2 aromatic rings. The molecule has 3 rings (SSSR count). The average Bonchev–Trinajstić information content (AvgIpc) is 2.86. The van der Waals surface area contributed by atoms with E-state index in [1.54, 1.807) is 31.2 Å². The van der Waals surface area contributed by atoms with E-state index in [1.165, 1.54) is 30.2 Å². The first-order chi connectivity index (χ1) is 17.5. The fraction of sp³-hybridized carbons (Fsp3) is 0.462. The molecule has 0 saturated heterocycles. The second-order valence-corrected chi connectivity index (χ2v) is 12.0. The van der Waals surface area contributed by atoms with E-state index in [0.29, 0.717) is 10.8 Å². The zero-order chi connectivity index (χ0) is 27.2. The van der Waals surface area contributed by atoms with Crippen LogP contribution in [0.3, 0.4) is 0 Å². The molecule has 8 nitrogen and oxygen atoms in total. The van der Waals surface area contributed by atoms with Crippen molar-refractivity contribution in [3.05, 3.63) is 58.1 Å². The fourth-order valence-corrected chi connectivity index (χ4v) is 5.58. The first kappa shape index (κ1) is 29.1. The number of ether oxygens (including phenoxy) is 1. The van der Waals surface area contributed by atoms with Gasteiger partial charge in [0.1, 0.15) is 18.3 Å². The van der Waals surface area contributed by atoms with Crippen molar-refractivity contribution in [2.75, 3.05) is 24.2 Å². The van der Waals surface area contributed by atoms with E-state index in [0.717, 1.165) is 48.2 Å². The number of carbonyl (C=O) groups excluding carboxylic acids is 2. The molecule has 1 saturated carbocycles. The number of benzene rings is 2. The summed E-state index contributed by atoms with van der Waals surface area (Å²) in [5.41, 5.74) is 0.973. The highest BCUT2D eigenvalue weighted by Gasteiger charge is 2.31. The van der Waals surface area contributed by atoms with E-state index in [9.17, 15) is 18.0 Å². The zero-order valence-electron chi connectivity index (χ0n) is 21.2. The maximum absolute atomic E-state index is 13.6. The molecule has 0 aromatic heterocycles. The van der Waals surface area contributed by atoms with Gasteiger partial charge in [-0.15, -0.1) is 0 Å². The molecule has 2 amide bonds. The summed E-state index contributed by atoms with van der Waals surface area (Å²) in [7, 11) is -2.41. The van der Waals surface area contributed by atoms with Crippen LogP contribution in [0.15, 0.2) is 42.5 Å². The van der Waals surface area contributed by atoms with Crippen LogP contribution in [0.4, 0.5) is 5.69 Å². The molecular weight excluding hydrogens is 537 g/mol. The van der Waals surface area contributed by atoms with Gasteiger partial charge < -0.3 is 15.0 Å². The van der Waals surface area contributed by atoms with E-state index in [4.69, 9.17) is 27.9 Å². The highest BCUT2D eigenvalue weighted by atomic mass is 35.5. The quantitative estimate of drug-likeness (QED) is 0.449. The molecule has 0 bridgehead atoms. The minimum Gasteiger partial charge on any atom is -0.495 e. The van der Waals surface area contributed by atoms with Crippen LogP contribution in [0.1, 0.15) is 44.6 Å². The molecule has 0 radical (unpaired) electrons. The summed E-state index contributed by atoms with van der Waals surface area (Å²) < 4.78 is 31.5. The molecule has 1 N–H and O–H groups in total. The van der Waals surface area contributed by atoms with Gasteiger partial charge in [-0.1, -0.05) is 54.6 Å². The molecule has 0 unspecified atom stereocenters. The topological polar surface area (TPSA) is 96.0 Å². The largest absolute Gasteiger partial charge is 0.495 e. The van der Waals surface area contributed by atoms with Crippen molar-refractivity contribution in [3.8, 4) is 5.75 Å². The van der Waals surface area contributed by atoms with Crippen molar-refractivity contribution in [2.24, 2.45) is 0 Å². The number of hydrogen-bond acceptors (Lipinski definition) is 5. The molecule has 1 fully saturated rings. The van der Waals surface area contributed by atoms with E-state index in [-0.39, 0.29) is 29.2 Å². The Morgan fingerprint density at radius 1 is 1.08 bits per heavy atom. The highest BCUT2D eigenvalue weighted by molar-refractivity contribution is 7.92. The minimum atomic E-state index is -3.86. The zero-order valence-corrected chi connectivity index (χ0v) is 23.6. The van der Waals surface area contributed by atoms with Crippen LogP contribution in [0.5, 0.6) is 5.75 Å². The van der Waals surface area contributed by atoms with Crippen molar-refractivity contribution >= 4 is 50.7 Å². The molecule has 11 heteroatoms. The minimum absolute atomic E-state index is 0.0742. The van der Waals surface area contributed by atoms with Crippen LogP contribution in [0, 0.1) is 0 Å². The molecular formula is C26H33Cl2N3O5S. The van der Waals surface area contributed by atoms with Crippen molar-refractivity contribution < 1.29 is 22.7 Å². The second-order valence-electron chi connectivity index (χ2n) is 9.26. The molecule has 1 atom stereocenters. The number of methoxy groups -OCH3 is 1. The third-order valence-corrected chi connectivity index (χ3v) is 8.18. The Bertz CT molecular complexity index is 1200. The maximum Gasteiger partial charge on any atom is 0.244 e. The van der Waals surface area contributed by atoms with Gasteiger partial charge in [0.05, 0.1) is 24.1 Å². The first-order valence-corrected chi connectivity index (χ1v) is 14.8. The maximum atomic E-state index is 13.6. The summed E-state index contributed by atoms with van der Waals surface area (Å²) in [5, 5.41) is 3.82. The van der Waals surface area contributed by atoms with Crippen LogP contribution in [-0.2, 0) is 26.2 Å². The number of nitrogens with one attached hydrogen (secondary N) is 1. The molecule has 1 aliphatic rings. The standard InChI is InChI=1S/C26H33Cl2N3O5S/c1-18(26(33)29-21-7-5-4-6-8-21)30(16-19-9-11-20(27)12-10-19)25(32)17-31(37(3,34)35)22-13-14-24(36-2)23(28)15-22/h9-15,18,21H,4-8,16-17H2,1-3H3,(H,29,33)/t18-/m1/s1. The lowest BCUT2D eigenvalue weighted by Gasteiger charge is -2.33. The molecule has 37 heavy (non-hydrogen) atoms. The van der Waals surface area contributed by atoms with Crippen molar-refractivity contribution in [1.29, 1.82) is 0 Å². The number of carbonyl (C=O) groups is 2. The van der Waals surface area contributed by atoms with E-state index in [1.807, 2.05) is 0 Å². The van der Waals surface area contributed by atoms with E-state index >= 15 is 0 Å². The van der Waals surface area contributed by atoms with Gasteiger partial charge in [0.2, 0.25) is 21.8 Å². The highest BCUT2D eigenvalue weighted by Crippen LogP contribution is 2.30. The number of anilines is 1. The monoisotopic (exact) mass is 569 g/mol. The van der Waals surface area contributed by atoms with Crippen molar-refractivity contribution in [3.63, 3.8) is 0 Å². The van der Waals surface area contributed by atoms with Gasteiger partial charge in [-0.25, -0.2) is 8.42 Å². The summed E-state index contributed by atoms with van der Waals surface area (Å²) in [4.78, 5) is 28.2. The SMILES string of the molecule is COc1ccc(N(CC(=O)N(Cc2ccc(Cl)cc2)[C@H](C)C(=O)NC2CCCCC2)S(C)(=O)=O)cc1Cl. The van der Waals surface area contributed by atoms with Crippen LogP contribution in [-0.4, -0.2) is 57.1 Å². The molecule has 2 aromatic carbocycles. The fourth-order valence-electron chi connectivity index (χ4n) is 4.36. The van der Waals surface area contributed by atoms with E-state index < -0.39 is 28.5 Å². The smallest absolute Gasteiger partial charge is 0.244 e. The van der Waals surface area contributed by atoms with Crippen molar-refractivity contribution in [2.45, 2.75) is 57.7 Å². The lowest BCUT2D eigenvalue weighted by Crippen LogP contribution is -2.52. The molecule has 0 aliphatic heterocycles. The number of nitrogens with zero attached hydrogens (tertiary/aromatic N) is 2. The summed E-state index contributed by atoms with van der Waals surface area (Å²) in [5.74, 6) is -0.422. The van der Waals surface area contributed by atoms with Gasteiger partial charge in [0.25, 0.3) is 0 Å². The Kier molecular flexibility index (Phi) is 10.1. The van der Waals surface area contributed by atoms with Gasteiger partial charge in [0, 0.05) is 17.6 Å². The molecule has 202 valence electrons. The van der Waals surface area contributed by atoms with E-state index in [2.05, 4.69) is 5.32 Å². The Morgan fingerprint density at radius 2 is 1.73 bits per heavy atom. The number of rotatable bonds is 10. The predicted molar refractivity (Wildman–Crippen MR) is 147 cm³/mol. The molecule has 1 aliphatic carbocycles. The van der Waals surface area contributed by atoms with Crippen LogP contribution >= 0.6 is 23.2 Å². The van der Waals surface area contributed by atoms with Crippen LogP contribution in [0.2, 0.25) is 10.0 Å². The Hall–Kier alpha value is -2.49. The lowest BCUT2D eigenvalue weighted by molar-refractivity contribution is -0.139. The molecule has 0 spiro atoms. The average molecular weight is 571 g/mol. The van der Waals surface area contributed by atoms with Crippen LogP contribution < -0.4 is 14.4 Å². The summed E-state index contributed by atoms with van der Waals surface area (Å²) in [6.45, 7) is 1.26.